The van der Waals surface area contributed by atoms with Crippen LogP contribution in [0.2, 0.25) is 0 Å². The van der Waals surface area contributed by atoms with Gasteiger partial charge in [-0.3, -0.25) is 4.90 Å². The zero-order valence-electron chi connectivity index (χ0n) is 20.0. The normalized spacial score (nSPS) is 10.7. The number of anilines is 3. The Morgan fingerprint density at radius 1 is 1.03 bits per heavy atom. The van der Waals surface area contributed by atoms with Gasteiger partial charge in [0.15, 0.2) is 23.1 Å². The van der Waals surface area contributed by atoms with Crippen molar-refractivity contribution in [1.82, 2.24) is 24.7 Å². The van der Waals surface area contributed by atoms with E-state index in [1.807, 2.05) is 0 Å². The Morgan fingerprint density at radius 3 is 2.15 bits per heavy atom. The molecule has 0 fully saturated rings. The zero-order chi connectivity index (χ0) is 28.9. The lowest BCUT2D eigenvalue weighted by atomic mass is 10.2. The summed E-state index contributed by atoms with van der Waals surface area (Å²) in [5.74, 6) is -4.02. The quantitative estimate of drug-likeness (QED) is 0.221. The van der Waals surface area contributed by atoms with Gasteiger partial charge in [-0.05, 0) is 12.1 Å². The molecule has 0 atom stereocenters. The fraction of sp³-hybridized carbons (Fsp3) is 0.0870. The molecule has 0 aliphatic carbocycles. The van der Waals surface area contributed by atoms with Gasteiger partial charge in [0.25, 0.3) is 0 Å². The van der Waals surface area contributed by atoms with E-state index in [-0.39, 0.29) is 46.4 Å². The van der Waals surface area contributed by atoms with Gasteiger partial charge < -0.3 is 26.8 Å². The van der Waals surface area contributed by atoms with Crippen LogP contribution in [-0.4, -0.2) is 65.1 Å². The number of carboxylic acid groups (broad SMARTS) is 3. The summed E-state index contributed by atoms with van der Waals surface area (Å²) in [5.41, 5.74) is 12.5. The van der Waals surface area contributed by atoms with Gasteiger partial charge in [0, 0.05) is 24.8 Å². The third kappa shape index (κ3) is 6.56. The van der Waals surface area contributed by atoms with Crippen LogP contribution in [0.1, 0.15) is 5.56 Å². The van der Waals surface area contributed by atoms with E-state index in [9.17, 15) is 28.3 Å². The van der Waals surface area contributed by atoms with E-state index in [1.165, 1.54) is 23.9 Å². The van der Waals surface area contributed by atoms with Crippen LogP contribution in [0.25, 0.3) is 22.6 Å². The summed E-state index contributed by atoms with van der Waals surface area (Å²) in [6.45, 7) is 0.0204. The second-order valence-electron chi connectivity index (χ2n) is 7.64. The fourth-order valence-electron chi connectivity index (χ4n) is 3.28. The van der Waals surface area contributed by atoms with E-state index in [4.69, 9.17) is 21.7 Å². The number of carbonyl (C=O) groups is 3. The van der Waals surface area contributed by atoms with Crippen molar-refractivity contribution in [3.63, 3.8) is 0 Å². The summed E-state index contributed by atoms with van der Waals surface area (Å²) in [5, 5.41) is 29.4. The molecule has 0 bridgehead atoms. The number of hydrogen-bond donors (Lipinski definition) is 5. The summed E-state index contributed by atoms with van der Waals surface area (Å²) in [6, 6.07) is 7.34. The average Bonchev–Trinajstić information content (AvgIpc) is 3.21. The minimum absolute atomic E-state index is 0.0204. The Balaban J connectivity index is 0.000000459. The Morgan fingerprint density at radius 2 is 1.62 bits per heavy atom. The molecule has 14 nitrogen and oxygen atoms in total. The number of hydrogen-bond acceptors (Lipinski definition) is 9. The first-order chi connectivity index (χ1) is 18.4. The van der Waals surface area contributed by atoms with E-state index in [2.05, 4.69) is 20.1 Å². The molecule has 7 N–H and O–H groups in total. The molecule has 0 saturated heterocycles. The number of halogens is 2. The maximum atomic E-state index is 14.1. The second kappa shape index (κ2) is 11.6. The summed E-state index contributed by atoms with van der Waals surface area (Å²) in [4.78, 5) is 43.4. The molecule has 0 radical (unpaired) electrons. The molecule has 1 amide bonds. The first kappa shape index (κ1) is 27.9. The molecule has 3 aromatic heterocycles. The molecule has 0 unspecified atom stereocenters. The van der Waals surface area contributed by atoms with E-state index in [0.29, 0.717) is 17.7 Å². The molecule has 4 aromatic rings. The number of carboxylic acids is 2. The number of nitrogen functional groups attached to an aromatic ring is 2. The average molecular weight is 542 g/mol. The lowest BCUT2D eigenvalue weighted by Gasteiger charge is -2.16. The standard InChI is InChI=1S/C19H16F2N8O2.C4H4O4/c1-28(19(30)31)14-15(22)25-17(26-16(14)23)13-11-6-10(20)7-24-18(11)29(27-13)8-9-4-2-3-5-12(9)21;5-3(6)1-2-4(7)8/h2-7H,8H2,1H3,(H,30,31)(H4,22,23,25,26);1-2H,(H,5,6)(H,7,8). The van der Waals surface area contributed by atoms with Crippen LogP contribution in [-0.2, 0) is 16.1 Å². The van der Waals surface area contributed by atoms with Gasteiger partial charge in [0.05, 0.1) is 18.1 Å². The van der Waals surface area contributed by atoms with Crippen LogP contribution in [0.4, 0.5) is 30.9 Å². The number of nitrogens with zero attached hydrogens (tertiary/aromatic N) is 6. The number of nitrogens with two attached hydrogens (primary N) is 2. The molecule has 0 spiro atoms. The summed E-state index contributed by atoms with van der Waals surface area (Å²) >= 11 is 0. The van der Waals surface area contributed by atoms with Crippen molar-refractivity contribution < 1.29 is 38.5 Å². The summed E-state index contributed by atoms with van der Waals surface area (Å²) in [6.07, 6.45) is 0.825. The first-order valence-electron chi connectivity index (χ1n) is 10.7. The molecule has 0 saturated carbocycles. The minimum atomic E-state index is -1.30. The highest BCUT2D eigenvalue weighted by Crippen LogP contribution is 2.32. The van der Waals surface area contributed by atoms with Crippen molar-refractivity contribution >= 4 is 46.4 Å². The van der Waals surface area contributed by atoms with E-state index < -0.39 is 29.7 Å². The van der Waals surface area contributed by atoms with Crippen molar-refractivity contribution in [3.8, 4) is 11.5 Å². The molecule has 3 heterocycles. The molecule has 0 aliphatic rings. The van der Waals surface area contributed by atoms with Crippen LogP contribution in [0.3, 0.4) is 0 Å². The third-order valence-corrected chi connectivity index (χ3v) is 4.97. The van der Waals surface area contributed by atoms with E-state index in [0.717, 1.165) is 11.1 Å². The van der Waals surface area contributed by atoms with Gasteiger partial charge >= 0.3 is 18.0 Å². The predicted molar refractivity (Wildman–Crippen MR) is 134 cm³/mol. The van der Waals surface area contributed by atoms with Crippen LogP contribution < -0.4 is 16.4 Å². The first-order valence-corrected chi connectivity index (χ1v) is 10.7. The lowest BCUT2D eigenvalue weighted by Crippen LogP contribution is -2.26. The number of amides is 1. The Kier molecular flexibility index (Phi) is 8.29. The van der Waals surface area contributed by atoms with E-state index >= 15 is 0 Å². The molecule has 16 heteroatoms. The fourth-order valence-corrected chi connectivity index (χ4v) is 3.28. The smallest absolute Gasteiger partial charge is 0.411 e. The highest BCUT2D eigenvalue weighted by atomic mass is 19.1. The second-order valence-corrected chi connectivity index (χ2v) is 7.64. The van der Waals surface area contributed by atoms with Gasteiger partial charge in [-0.2, -0.15) is 5.10 Å². The van der Waals surface area contributed by atoms with Crippen LogP contribution in [0.15, 0.2) is 48.7 Å². The molecular weight excluding hydrogens is 522 g/mol. The maximum absolute atomic E-state index is 14.1. The number of aromatic nitrogens is 5. The maximum Gasteiger partial charge on any atom is 0.411 e. The van der Waals surface area contributed by atoms with Crippen LogP contribution >= 0.6 is 0 Å². The SMILES string of the molecule is CN(C(=O)O)c1c(N)nc(-c2nn(Cc3ccccc3F)c3ncc(F)cc23)nc1N.O=C(O)C=CC(=O)O. The van der Waals surface area contributed by atoms with Crippen molar-refractivity contribution in [2.45, 2.75) is 6.54 Å². The summed E-state index contributed by atoms with van der Waals surface area (Å²) in [7, 11) is 1.24. The predicted octanol–water partition coefficient (Wildman–Crippen LogP) is 2.21. The number of aliphatic carboxylic acids is 2. The van der Waals surface area contributed by atoms with Crippen LogP contribution in [0, 0.1) is 11.6 Å². The Bertz CT molecular complexity index is 1570. The number of benzene rings is 1. The number of rotatable bonds is 6. The topological polar surface area (TPSA) is 224 Å². The lowest BCUT2D eigenvalue weighted by molar-refractivity contribution is -0.134. The molecule has 39 heavy (non-hydrogen) atoms. The minimum Gasteiger partial charge on any atom is -0.478 e. The highest BCUT2D eigenvalue weighted by Gasteiger charge is 2.23. The molecule has 202 valence electrons. The summed E-state index contributed by atoms with van der Waals surface area (Å²) < 4.78 is 29.4. The molecule has 0 aliphatic heterocycles. The Labute approximate surface area is 217 Å². The van der Waals surface area contributed by atoms with Gasteiger partial charge in [0.2, 0.25) is 0 Å². The van der Waals surface area contributed by atoms with Crippen LogP contribution in [0.5, 0.6) is 0 Å². The third-order valence-electron chi connectivity index (χ3n) is 4.97. The van der Waals surface area contributed by atoms with E-state index in [1.54, 1.807) is 18.2 Å². The monoisotopic (exact) mass is 542 g/mol. The van der Waals surface area contributed by atoms with Crippen molar-refractivity contribution in [2.24, 2.45) is 0 Å². The van der Waals surface area contributed by atoms with Gasteiger partial charge in [-0.25, -0.2) is 42.8 Å². The van der Waals surface area contributed by atoms with Gasteiger partial charge in [-0.15, -0.1) is 0 Å². The largest absolute Gasteiger partial charge is 0.478 e. The number of pyridine rings is 1. The molecule has 1 aromatic carbocycles. The number of fused-ring (bicyclic) bond motifs is 1. The molecule has 4 rings (SSSR count). The highest BCUT2D eigenvalue weighted by molar-refractivity contribution is 5.95. The van der Waals surface area contributed by atoms with Crippen molar-refractivity contribution in [2.75, 3.05) is 23.4 Å². The molecular formula is C23H20F2N8O6. The zero-order valence-corrected chi connectivity index (χ0v) is 20.0. The van der Waals surface area contributed by atoms with Crippen molar-refractivity contribution in [1.29, 1.82) is 0 Å². The van der Waals surface area contributed by atoms with Crippen molar-refractivity contribution in [3.05, 3.63) is 65.9 Å². The van der Waals surface area contributed by atoms with Gasteiger partial charge in [0.1, 0.15) is 23.0 Å². The Hall–Kier alpha value is -5.67. The van der Waals surface area contributed by atoms with Gasteiger partial charge in [-0.1, -0.05) is 18.2 Å².